The van der Waals surface area contributed by atoms with Crippen molar-refractivity contribution in [3.8, 4) is 5.88 Å². The number of carbonyl (C=O) groups excluding carboxylic acids is 1. The summed E-state index contributed by atoms with van der Waals surface area (Å²) < 4.78 is 5.68. The maximum Gasteiger partial charge on any atom is 0.260 e. The van der Waals surface area contributed by atoms with Gasteiger partial charge in [-0.25, -0.2) is 9.97 Å². The minimum absolute atomic E-state index is 0.302. The number of rotatable bonds is 7. The molecule has 0 bridgehead atoms. The topological polar surface area (TPSA) is 96.0 Å². The molecule has 3 rings (SSSR count). The number of aromatic nitrogens is 4. The molecule has 0 saturated carbocycles. The van der Waals surface area contributed by atoms with Crippen LogP contribution in [0.3, 0.4) is 0 Å². The third-order valence-electron chi connectivity index (χ3n) is 3.55. The molecule has 0 aliphatic carbocycles. The highest BCUT2D eigenvalue weighted by Crippen LogP contribution is 2.20. The number of aromatic amines is 1. The van der Waals surface area contributed by atoms with Crippen molar-refractivity contribution in [3.63, 3.8) is 0 Å². The van der Waals surface area contributed by atoms with Crippen LogP contribution in [-0.4, -0.2) is 58.0 Å². The van der Waals surface area contributed by atoms with Gasteiger partial charge in [0, 0.05) is 31.2 Å². The van der Waals surface area contributed by atoms with E-state index in [0.29, 0.717) is 29.4 Å². The van der Waals surface area contributed by atoms with Crippen LogP contribution in [0.2, 0.25) is 0 Å². The minimum Gasteiger partial charge on any atom is -0.478 e. The van der Waals surface area contributed by atoms with Crippen LogP contribution in [0.4, 0.5) is 5.82 Å². The molecular weight excluding hydrogens is 320 g/mol. The van der Waals surface area contributed by atoms with Crippen molar-refractivity contribution in [1.82, 2.24) is 24.8 Å². The molecule has 0 radical (unpaired) electrons. The Kier molecular flexibility index (Phi) is 5.20. The molecule has 8 heteroatoms. The Labute approximate surface area is 145 Å². The largest absolute Gasteiger partial charge is 0.478 e. The fraction of sp³-hybridized carbons (Fsp3) is 0.294. The molecule has 0 fully saturated rings. The van der Waals surface area contributed by atoms with E-state index in [4.69, 9.17) is 4.74 Å². The molecule has 2 N–H and O–H groups in total. The summed E-state index contributed by atoms with van der Waals surface area (Å²) in [7, 11) is 4.04. The average Bonchev–Trinajstić information content (AvgIpc) is 3.03. The van der Waals surface area contributed by atoms with E-state index in [1.807, 2.05) is 20.2 Å². The molecule has 3 aromatic rings. The molecule has 0 aromatic carbocycles. The molecule has 25 heavy (non-hydrogen) atoms. The van der Waals surface area contributed by atoms with Gasteiger partial charge in [0.15, 0.2) is 5.82 Å². The van der Waals surface area contributed by atoms with E-state index in [-0.39, 0.29) is 5.91 Å². The van der Waals surface area contributed by atoms with Crippen molar-refractivity contribution in [2.75, 3.05) is 32.6 Å². The summed E-state index contributed by atoms with van der Waals surface area (Å²) >= 11 is 0. The number of anilines is 1. The van der Waals surface area contributed by atoms with E-state index in [2.05, 4.69) is 30.2 Å². The summed E-state index contributed by atoms with van der Waals surface area (Å²) in [5.41, 5.74) is 1.76. The normalized spacial score (nSPS) is 11.0. The maximum atomic E-state index is 12.5. The van der Waals surface area contributed by atoms with Gasteiger partial charge in [0.05, 0.1) is 23.9 Å². The summed E-state index contributed by atoms with van der Waals surface area (Å²) in [6.07, 6.45) is 7.07. The predicted octanol–water partition coefficient (Wildman–Crippen LogP) is 1.94. The molecule has 0 atom stereocenters. The lowest BCUT2D eigenvalue weighted by molar-refractivity contribution is 0.102. The predicted molar refractivity (Wildman–Crippen MR) is 94.7 cm³/mol. The third kappa shape index (κ3) is 4.30. The van der Waals surface area contributed by atoms with Crippen LogP contribution >= 0.6 is 0 Å². The van der Waals surface area contributed by atoms with E-state index in [1.54, 1.807) is 18.5 Å². The SMILES string of the molecule is CN(C)CCCOc1ccc2[nH]cc(C(=O)Nc3cnccn3)c2n1. The molecule has 0 aliphatic rings. The number of H-pyrrole nitrogens is 1. The van der Waals surface area contributed by atoms with Gasteiger partial charge in [0.25, 0.3) is 5.91 Å². The number of fused-ring (bicyclic) bond motifs is 1. The average molecular weight is 340 g/mol. The van der Waals surface area contributed by atoms with Gasteiger partial charge < -0.3 is 19.9 Å². The molecule has 0 saturated heterocycles. The van der Waals surface area contributed by atoms with Gasteiger partial charge >= 0.3 is 0 Å². The van der Waals surface area contributed by atoms with Crippen molar-refractivity contribution in [1.29, 1.82) is 0 Å². The van der Waals surface area contributed by atoms with Gasteiger partial charge in [-0.1, -0.05) is 0 Å². The highest BCUT2D eigenvalue weighted by molar-refractivity contribution is 6.11. The van der Waals surface area contributed by atoms with Crippen molar-refractivity contribution in [2.24, 2.45) is 0 Å². The number of nitrogens with one attached hydrogen (secondary N) is 2. The number of amides is 1. The zero-order valence-electron chi connectivity index (χ0n) is 14.2. The quantitative estimate of drug-likeness (QED) is 0.638. The first kappa shape index (κ1) is 16.8. The molecule has 3 heterocycles. The number of carbonyl (C=O) groups is 1. The first-order chi connectivity index (χ1) is 12.1. The fourth-order valence-corrected chi connectivity index (χ4v) is 2.34. The zero-order chi connectivity index (χ0) is 17.6. The van der Waals surface area contributed by atoms with Crippen molar-refractivity contribution < 1.29 is 9.53 Å². The van der Waals surface area contributed by atoms with Crippen LogP contribution in [0.1, 0.15) is 16.8 Å². The second-order valence-electron chi connectivity index (χ2n) is 5.80. The lowest BCUT2D eigenvalue weighted by Crippen LogP contribution is -2.15. The van der Waals surface area contributed by atoms with Crippen molar-refractivity contribution in [2.45, 2.75) is 6.42 Å². The lowest BCUT2D eigenvalue weighted by Gasteiger charge is -2.10. The second-order valence-corrected chi connectivity index (χ2v) is 5.80. The third-order valence-corrected chi connectivity index (χ3v) is 3.55. The van der Waals surface area contributed by atoms with Gasteiger partial charge in [0.2, 0.25) is 5.88 Å². The van der Waals surface area contributed by atoms with E-state index < -0.39 is 0 Å². The Morgan fingerprint density at radius 2 is 2.20 bits per heavy atom. The lowest BCUT2D eigenvalue weighted by atomic mass is 10.2. The van der Waals surface area contributed by atoms with E-state index in [0.717, 1.165) is 18.5 Å². The standard InChI is InChI=1S/C17H20N6O2/c1-23(2)8-3-9-25-15-5-4-13-16(22-15)12(10-20-13)17(24)21-14-11-18-6-7-19-14/h4-7,10-11,20H,3,8-9H2,1-2H3,(H,19,21,24). The fourth-order valence-electron chi connectivity index (χ4n) is 2.34. The first-order valence-electron chi connectivity index (χ1n) is 7.96. The number of nitrogens with zero attached hydrogens (tertiary/aromatic N) is 4. The smallest absolute Gasteiger partial charge is 0.260 e. The summed E-state index contributed by atoms with van der Waals surface area (Å²) in [5.74, 6) is 0.585. The molecule has 0 aliphatic heterocycles. The maximum absolute atomic E-state index is 12.5. The van der Waals surface area contributed by atoms with Crippen LogP contribution in [0, 0.1) is 0 Å². The Balaban J connectivity index is 1.73. The monoisotopic (exact) mass is 340 g/mol. The van der Waals surface area contributed by atoms with E-state index >= 15 is 0 Å². The molecule has 130 valence electrons. The summed E-state index contributed by atoms with van der Waals surface area (Å²) in [4.78, 5) is 30.0. The number of hydrogen-bond donors (Lipinski definition) is 2. The Bertz CT molecular complexity index is 847. The van der Waals surface area contributed by atoms with Crippen LogP contribution in [0.25, 0.3) is 11.0 Å². The number of ether oxygens (including phenoxy) is 1. The van der Waals surface area contributed by atoms with Crippen molar-refractivity contribution >= 4 is 22.8 Å². The van der Waals surface area contributed by atoms with E-state index in [1.165, 1.54) is 12.4 Å². The number of hydrogen-bond acceptors (Lipinski definition) is 6. The second kappa shape index (κ2) is 7.71. The highest BCUT2D eigenvalue weighted by atomic mass is 16.5. The van der Waals surface area contributed by atoms with Crippen LogP contribution in [0.15, 0.2) is 36.9 Å². The van der Waals surface area contributed by atoms with Gasteiger partial charge in [0.1, 0.15) is 5.52 Å². The van der Waals surface area contributed by atoms with Gasteiger partial charge in [-0.3, -0.25) is 9.78 Å². The molecular formula is C17H20N6O2. The molecule has 1 amide bonds. The van der Waals surface area contributed by atoms with Crippen molar-refractivity contribution in [3.05, 3.63) is 42.5 Å². The summed E-state index contributed by atoms with van der Waals surface area (Å²) in [6.45, 7) is 1.51. The van der Waals surface area contributed by atoms with Crippen LogP contribution in [0.5, 0.6) is 5.88 Å². The Morgan fingerprint density at radius 3 is 2.96 bits per heavy atom. The highest BCUT2D eigenvalue weighted by Gasteiger charge is 2.15. The Morgan fingerprint density at radius 1 is 1.32 bits per heavy atom. The van der Waals surface area contributed by atoms with Gasteiger partial charge in [-0.05, 0) is 26.6 Å². The zero-order valence-corrected chi connectivity index (χ0v) is 14.2. The summed E-state index contributed by atoms with van der Waals surface area (Å²) in [6, 6.07) is 3.64. The van der Waals surface area contributed by atoms with Gasteiger partial charge in [-0.15, -0.1) is 0 Å². The summed E-state index contributed by atoms with van der Waals surface area (Å²) in [5, 5.41) is 2.70. The van der Waals surface area contributed by atoms with Gasteiger partial charge in [-0.2, -0.15) is 0 Å². The molecule has 8 nitrogen and oxygen atoms in total. The first-order valence-corrected chi connectivity index (χ1v) is 7.96. The molecule has 0 spiro atoms. The minimum atomic E-state index is -0.302. The van der Waals surface area contributed by atoms with Crippen LogP contribution < -0.4 is 10.1 Å². The molecule has 0 unspecified atom stereocenters. The number of pyridine rings is 1. The molecule has 3 aromatic heterocycles. The van der Waals surface area contributed by atoms with E-state index in [9.17, 15) is 4.79 Å². The Hall–Kier alpha value is -3.00. The van der Waals surface area contributed by atoms with Crippen LogP contribution in [-0.2, 0) is 0 Å².